The Morgan fingerprint density at radius 2 is 1.86 bits per heavy atom. The highest BCUT2D eigenvalue weighted by atomic mass is 127. The van der Waals surface area contributed by atoms with Crippen LogP contribution in [0.3, 0.4) is 0 Å². The number of benzene rings is 2. The fourth-order valence-corrected chi connectivity index (χ4v) is 3.24. The lowest BCUT2D eigenvalue weighted by Gasteiger charge is -2.13. The van der Waals surface area contributed by atoms with Crippen molar-refractivity contribution in [2.45, 2.75) is 13.5 Å². The molecule has 0 fully saturated rings. The van der Waals surface area contributed by atoms with Crippen LogP contribution in [-0.4, -0.2) is 33.6 Å². The Morgan fingerprint density at radius 1 is 1.07 bits per heavy atom. The molecule has 0 saturated heterocycles. The van der Waals surface area contributed by atoms with E-state index in [4.69, 9.17) is 18.9 Å². The predicted molar refractivity (Wildman–Crippen MR) is 120 cm³/mol. The third kappa shape index (κ3) is 6.05. The molecule has 0 bridgehead atoms. The molecule has 0 heterocycles. The molecule has 0 aliphatic carbocycles. The zero-order chi connectivity index (χ0) is 20.4. The smallest absolute Gasteiger partial charge is 0.174 e. The minimum Gasteiger partial charge on any atom is -0.493 e. The number of nitrogens with one attached hydrogen (secondary N) is 1. The Balaban J connectivity index is 2.06. The average molecular weight is 496 g/mol. The summed E-state index contributed by atoms with van der Waals surface area (Å²) in [6.45, 7) is 7.17. The topological polar surface area (TPSA) is 61.3 Å². The van der Waals surface area contributed by atoms with Crippen molar-refractivity contribution in [3.63, 3.8) is 0 Å². The molecule has 0 aliphatic heterocycles. The monoisotopic (exact) mass is 496 g/mol. The van der Waals surface area contributed by atoms with E-state index < -0.39 is 0 Å². The molecule has 7 heteroatoms. The van der Waals surface area contributed by atoms with Crippen LogP contribution in [0, 0.1) is 3.57 Å². The highest BCUT2D eigenvalue weighted by Gasteiger charge is 2.11. The zero-order valence-electron chi connectivity index (χ0n) is 16.3. The van der Waals surface area contributed by atoms with E-state index in [9.17, 15) is 0 Å². The molecule has 0 saturated carbocycles. The molecule has 2 aromatic rings. The van der Waals surface area contributed by atoms with Gasteiger partial charge in [-0.05, 0) is 64.9 Å². The Morgan fingerprint density at radius 3 is 2.54 bits per heavy atom. The third-order valence-electron chi connectivity index (χ3n) is 3.71. The Kier molecular flexibility index (Phi) is 8.93. The Labute approximate surface area is 179 Å². The second kappa shape index (κ2) is 11.4. The van der Waals surface area contributed by atoms with Crippen molar-refractivity contribution in [3.05, 3.63) is 57.7 Å². The van der Waals surface area contributed by atoms with E-state index in [1.165, 1.54) is 0 Å². The lowest BCUT2D eigenvalue weighted by Crippen LogP contribution is -2.06. The molecule has 1 N–H and O–H groups in total. The first-order valence-corrected chi connectivity index (χ1v) is 9.87. The second-order valence-corrected chi connectivity index (χ2v) is 6.81. The van der Waals surface area contributed by atoms with Crippen LogP contribution in [0.1, 0.15) is 18.1 Å². The van der Waals surface area contributed by atoms with E-state index in [-0.39, 0.29) is 0 Å². The molecule has 6 nitrogen and oxygen atoms in total. The van der Waals surface area contributed by atoms with Gasteiger partial charge in [-0.3, -0.25) is 0 Å². The van der Waals surface area contributed by atoms with Gasteiger partial charge in [0, 0.05) is 0 Å². The van der Waals surface area contributed by atoms with Crippen molar-refractivity contribution in [2.24, 2.45) is 5.10 Å². The van der Waals surface area contributed by atoms with E-state index in [2.05, 4.69) is 39.7 Å². The summed E-state index contributed by atoms with van der Waals surface area (Å²) in [6.07, 6.45) is 3.46. The van der Waals surface area contributed by atoms with Gasteiger partial charge in [0.2, 0.25) is 0 Å². The molecule has 0 atom stereocenters. The van der Waals surface area contributed by atoms with Crippen LogP contribution < -0.4 is 24.4 Å². The quantitative estimate of drug-likeness (QED) is 0.216. The summed E-state index contributed by atoms with van der Waals surface area (Å²) < 4.78 is 22.9. The number of halogens is 1. The molecule has 0 unspecified atom stereocenters. The largest absolute Gasteiger partial charge is 0.493 e. The summed E-state index contributed by atoms with van der Waals surface area (Å²) >= 11 is 2.23. The zero-order valence-corrected chi connectivity index (χ0v) is 18.5. The van der Waals surface area contributed by atoms with Crippen LogP contribution >= 0.6 is 22.6 Å². The van der Waals surface area contributed by atoms with E-state index in [1.807, 2.05) is 37.3 Å². The molecular formula is C21H25IN2O4. The average Bonchev–Trinajstić information content (AvgIpc) is 2.70. The summed E-state index contributed by atoms with van der Waals surface area (Å²) in [7, 11) is 3.24. The minimum absolute atomic E-state index is 0.427. The number of hydrogen-bond acceptors (Lipinski definition) is 6. The van der Waals surface area contributed by atoms with Crippen molar-refractivity contribution in [1.29, 1.82) is 0 Å². The van der Waals surface area contributed by atoms with Crippen LogP contribution in [0.2, 0.25) is 0 Å². The van der Waals surface area contributed by atoms with E-state index >= 15 is 0 Å². The summed E-state index contributed by atoms with van der Waals surface area (Å²) in [5.74, 6) is 2.80. The first kappa shape index (κ1) is 21.9. The van der Waals surface area contributed by atoms with Crippen molar-refractivity contribution in [1.82, 2.24) is 5.43 Å². The van der Waals surface area contributed by atoms with Gasteiger partial charge in [-0.15, -0.1) is 0 Å². The summed E-state index contributed by atoms with van der Waals surface area (Å²) in [6, 6.07) is 9.65. The van der Waals surface area contributed by atoms with Gasteiger partial charge in [-0.2, -0.15) is 5.10 Å². The van der Waals surface area contributed by atoms with Gasteiger partial charge in [0.15, 0.2) is 23.0 Å². The van der Waals surface area contributed by atoms with E-state index in [0.29, 0.717) is 37.0 Å². The van der Waals surface area contributed by atoms with Crippen LogP contribution in [0.4, 0.5) is 0 Å². The first-order chi connectivity index (χ1) is 13.6. The second-order valence-electron chi connectivity index (χ2n) is 5.65. The fourth-order valence-electron chi connectivity index (χ4n) is 2.46. The summed E-state index contributed by atoms with van der Waals surface area (Å²) in [4.78, 5) is 0. The third-order valence-corrected chi connectivity index (χ3v) is 4.51. The van der Waals surface area contributed by atoms with Gasteiger partial charge in [0.1, 0.15) is 6.61 Å². The highest BCUT2D eigenvalue weighted by molar-refractivity contribution is 14.1. The Bertz CT molecular complexity index is 824. The number of hydrogen-bond donors (Lipinski definition) is 1. The Hall–Kier alpha value is -2.42. The predicted octanol–water partition coefficient (Wildman–Crippen LogP) is 4.40. The molecule has 0 amide bonds. The number of hydrazone groups is 1. The number of methoxy groups -OCH3 is 2. The molecule has 28 heavy (non-hydrogen) atoms. The van der Waals surface area contributed by atoms with Gasteiger partial charge in [-0.25, -0.2) is 0 Å². The molecule has 2 aromatic carbocycles. The number of nitrogens with zero attached hydrogens (tertiary/aromatic N) is 1. The molecule has 150 valence electrons. The van der Waals surface area contributed by atoms with Crippen LogP contribution in [0.5, 0.6) is 23.0 Å². The molecule has 0 spiro atoms. The van der Waals surface area contributed by atoms with Gasteiger partial charge >= 0.3 is 0 Å². The van der Waals surface area contributed by atoms with Crippen LogP contribution in [0.15, 0.2) is 48.1 Å². The number of ether oxygens (including phenoxy) is 4. The van der Waals surface area contributed by atoms with Crippen molar-refractivity contribution in [2.75, 3.05) is 27.4 Å². The SMILES string of the molecule is C=CCOc1c(I)cc(/C=N/NCc2ccc(OC)c(OC)c2)cc1OCC. The lowest BCUT2D eigenvalue weighted by molar-refractivity contribution is 0.295. The summed E-state index contributed by atoms with van der Waals surface area (Å²) in [5, 5.41) is 4.31. The molecular weight excluding hydrogens is 471 g/mol. The molecule has 0 radical (unpaired) electrons. The van der Waals surface area contributed by atoms with Gasteiger partial charge < -0.3 is 24.4 Å². The standard InChI is InChI=1S/C21H25IN2O4/c1-5-9-28-21-17(22)10-16(12-20(21)27-6-2)14-24-23-13-15-7-8-18(25-3)19(11-15)26-4/h5,7-8,10-12,14,23H,1,6,9,13H2,2-4H3/b24-14+. The van der Waals surface area contributed by atoms with Gasteiger partial charge in [0.25, 0.3) is 0 Å². The van der Waals surface area contributed by atoms with Gasteiger partial charge in [-0.1, -0.05) is 18.7 Å². The molecule has 0 aliphatic rings. The number of rotatable bonds is 11. The maximum Gasteiger partial charge on any atom is 0.174 e. The summed E-state index contributed by atoms with van der Waals surface area (Å²) in [5.41, 5.74) is 4.99. The normalized spacial score (nSPS) is 10.6. The van der Waals surface area contributed by atoms with Crippen molar-refractivity contribution < 1.29 is 18.9 Å². The van der Waals surface area contributed by atoms with E-state index in [0.717, 1.165) is 20.4 Å². The van der Waals surface area contributed by atoms with E-state index in [1.54, 1.807) is 26.5 Å². The lowest BCUT2D eigenvalue weighted by atomic mass is 10.2. The maximum atomic E-state index is 5.72. The van der Waals surface area contributed by atoms with Gasteiger partial charge in [0.05, 0.1) is 37.2 Å². The highest BCUT2D eigenvalue weighted by Crippen LogP contribution is 2.34. The minimum atomic E-state index is 0.427. The first-order valence-electron chi connectivity index (χ1n) is 8.79. The molecule has 2 rings (SSSR count). The van der Waals surface area contributed by atoms with Crippen LogP contribution in [-0.2, 0) is 6.54 Å². The van der Waals surface area contributed by atoms with Crippen molar-refractivity contribution in [3.8, 4) is 23.0 Å². The fraction of sp³-hybridized carbons (Fsp3) is 0.286. The van der Waals surface area contributed by atoms with Crippen molar-refractivity contribution >= 4 is 28.8 Å². The van der Waals surface area contributed by atoms with Crippen LogP contribution in [0.25, 0.3) is 0 Å². The maximum absolute atomic E-state index is 5.72. The molecule has 0 aromatic heterocycles.